The van der Waals surface area contributed by atoms with Crippen molar-refractivity contribution in [2.45, 2.75) is 12.4 Å². The number of benzene rings is 3. The number of hydrogen-bond donors (Lipinski definition) is 0. The summed E-state index contributed by atoms with van der Waals surface area (Å²) >= 11 is 0. The zero-order valence-electron chi connectivity index (χ0n) is 18.4. The highest BCUT2D eigenvalue weighted by Crippen LogP contribution is 2.40. The summed E-state index contributed by atoms with van der Waals surface area (Å²) in [5.41, 5.74) is -0.617. The Morgan fingerprint density at radius 1 is 0.676 bits per heavy atom. The van der Waals surface area contributed by atoms with Gasteiger partial charge in [0.2, 0.25) is 0 Å². The number of hydrogen-bond acceptors (Lipinski definition) is 4. The van der Waals surface area contributed by atoms with E-state index < -0.39 is 23.5 Å². The normalized spacial score (nSPS) is 12.0. The Morgan fingerprint density at radius 2 is 1.22 bits per heavy atom. The fraction of sp³-hybridized carbons (Fsp3) is 0.0769. The molecule has 2 aromatic heterocycles. The lowest BCUT2D eigenvalue weighted by Gasteiger charge is -2.12. The molecule has 182 valence electrons. The quantitative estimate of drug-likeness (QED) is 0.241. The van der Waals surface area contributed by atoms with Crippen molar-refractivity contribution in [3.05, 3.63) is 89.2 Å². The molecule has 0 fully saturated rings. The van der Waals surface area contributed by atoms with E-state index in [2.05, 4.69) is 9.97 Å². The summed E-state index contributed by atoms with van der Waals surface area (Å²) in [6.07, 6.45) is -6.78. The predicted molar refractivity (Wildman–Crippen MR) is 121 cm³/mol. The fourth-order valence-corrected chi connectivity index (χ4v) is 4.13. The number of nitriles is 2. The molecule has 5 aromatic rings. The Hall–Kier alpha value is -4.90. The minimum atomic E-state index is -4.70. The molecular weight excluding hydrogens is 496 g/mol. The van der Waals surface area contributed by atoms with E-state index in [4.69, 9.17) is 5.26 Å². The van der Waals surface area contributed by atoms with E-state index in [0.717, 1.165) is 24.3 Å². The maximum absolute atomic E-state index is 13.4. The summed E-state index contributed by atoms with van der Waals surface area (Å²) in [6.45, 7) is 0. The summed E-state index contributed by atoms with van der Waals surface area (Å²) < 4.78 is 82.0. The average Bonchev–Trinajstić information content (AvgIpc) is 3.20. The molecule has 0 spiro atoms. The lowest BCUT2D eigenvalue weighted by atomic mass is 10.1. The van der Waals surface area contributed by atoms with Crippen LogP contribution in [-0.4, -0.2) is 14.5 Å². The van der Waals surface area contributed by atoms with Crippen molar-refractivity contribution < 1.29 is 26.3 Å². The molecule has 0 unspecified atom stereocenters. The first kappa shape index (κ1) is 23.8. The summed E-state index contributed by atoms with van der Waals surface area (Å²) in [5, 5.41) is 18.7. The Kier molecular flexibility index (Phi) is 5.37. The number of rotatable bonds is 2. The van der Waals surface area contributed by atoms with Crippen molar-refractivity contribution in [2.75, 3.05) is 0 Å². The van der Waals surface area contributed by atoms with Crippen LogP contribution in [0, 0.1) is 22.7 Å². The molecule has 0 aliphatic carbocycles. The van der Waals surface area contributed by atoms with Crippen LogP contribution in [0.5, 0.6) is 0 Å². The van der Waals surface area contributed by atoms with Crippen molar-refractivity contribution in [1.82, 2.24) is 14.5 Å². The third-order valence-electron chi connectivity index (χ3n) is 5.82. The van der Waals surface area contributed by atoms with Crippen molar-refractivity contribution in [1.29, 1.82) is 10.5 Å². The van der Waals surface area contributed by atoms with Gasteiger partial charge in [-0.2, -0.15) is 36.9 Å². The third kappa shape index (κ3) is 4.10. The first-order valence-electron chi connectivity index (χ1n) is 10.5. The molecule has 0 saturated heterocycles. The molecular formula is C26H11F6N5. The monoisotopic (exact) mass is 507 g/mol. The average molecular weight is 507 g/mol. The number of fused-ring (bicyclic) bond motifs is 3. The van der Waals surface area contributed by atoms with E-state index in [1.165, 1.54) is 41.2 Å². The van der Waals surface area contributed by atoms with Crippen LogP contribution in [0.1, 0.15) is 22.3 Å². The lowest BCUT2D eigenvalue weighted by molar-refractivity contribution is -0.138. The predicted octanol–water partition coefficient (Wildman–Crippen LogP) is 7.02. The molecule has 37 heavy (non-hydrogen) atoms. The van der Waals surface area contributed by atoms with Gasteiger partial charge in [0.05, 0.1) is 39.0 Å². The number of halogens is 6. The van der Waals surface area contributed by atoms with Crippen LogP contribution in [0.25, 0.3) is 38.9 Å². The summed E-state index contributed by atoms with van der Waals surface area (Å²) in [7, 11) is 0. The molecule has 0 bridgehead atoms. The van der Waals surface area contributed by atoms with E-state index >= 15 is 0 Å². The van der Waals surface area contributed by atoms with E-state index in [-0.39, 0.29) is 44.4 Å². The Balaban J connectivity index is 1.78. The van der Waals surface area contributed by atoms with Crippen LogP contribution in [0.4, 0.5) is 26.3 Å². The van der Waals surface area contributed by atoms with Crippen LogP contribution in [0.2, 0.25) is 0 Å². The molecule has 0 radical (unpaired) electrons. The van der Waals surface area contributed by atoms with Gasteiger partial charge in [0, 0.05) is 28.7 Å². The Morgan fingerprint density at radius 3 is 1.68 bits per heavy atom. The van der Waals surface area contributed by atoms with E-state index in [1.807, 2.05) is 12.1 Å². The van der Waals surface area contributed by atoms with Crippen LogP contribution >= 0.6 is 0 Å². The van der Waals surface area contributed by atoms with Gasteiger partial charge in [-0.05, 0) is 54.6 Å². The first-order valence-corrected chi connectivity index (χ1v) is 10.5. The van der Waals surface area contributed by atoms with Crippen molar-refractivity contribution in [3.63, 3.8) is 0 Å². The van der Waals surface area contributed by atoms with Crippen LogP contribution < -0.4 is 0 Å². The van der Waals surface area contributed by atoms with Gasteiger partial charge in [-0.15, -0.1) is 0 Å². The van der Waals surface area contributed by atoms with Gasteiger partial charge in [0.25, 0.3) is 0 Å². The first-order chi connectivity index (χ1) is 17.5. The third-order valence-corrected chi connectivity index (χ3v) is 5.82. The van der Waals surface area contributed by atoms with Gasteiger partial charge in [-0.25, -0.2) is 9.97 Å². The minimum Gasteiger partial charge on any atom is -0.308 e. The molecule has 0 amide bonds. The topological polar surface area (TPSA) is 78.3 Å². The number of nitrogens with zero attached hydrogens (tertiary/aromatic N) is 5. The fourth-order valence-electron chi connectivity index (χ4n) is 4.13. The van der Waals surface area contributed by atoms with Crippen molar-refractivity contribution in [3.8, 4) is 29.2 Å². The second-order valence-corrected chi connectivity index (χ2v) is 8.05. The van der Waals surface area contributed by atoms with Gasteiger partial charge < -0.3 is 4.57 Å². The lowest BCUT2D eigenvalue weighted by Crippen LogP contribution is -2.04. The van der Waals surface area contributed by atoms with E-state index in [9.17, 15) is 31.6 Å². The van der Waals surface area contributed by atoms with Crippen LogP contribution in [0.3, 0.4) is 0 Å². The van der Waals surface area contributed by atoms with Gasteiger partial charge in [0.15, 0.2) is 5.82 Å². The number of alkyl halides is 6. The summed E-state index contributed by atoms with van der Waals surface area (Å²) in [6, 6.07) is 14.1. The zero-order chi connectivity index (χ0) is 26.5. The SMILES string of the molecule is N#Cc1cnc(-c2ccc(-n3c4ccc(C(F)(F)F)cc4c4cc(C(F)(F)F)ccc43)c(C#N)c2)nc1. The van der Waals surface area contributed by atoms with Crippen molar-refractivity contribution >= 4 is 21.8 Å². The maximum atomic E-state index is 13.4. The van der Waals surface area contributed by atoms with Crippen LogP contribution in [0.15, 0.2) is 67.0 Å². The highest BCUT2D eigenvalue weighted by molar-refractivity contribution is 6.10. The smallest absolute Gasteiger partial charge is 0.308 e. The molecule has 3 aromatic carbocycles. The van der Waals surface area contributed by atoms with Gasteiger partial charge >= 0.3 is 12.4 Å². The van der Waals surface area contributed by atoms with E-state index in [1.54, 1.807) is 6.07 Å². The van der Waals surface area contributed by atoms with Crippen LogP contribution in [-0.2, 0) is 12.4 Å². The van der Waals surface area contributed by atoms with E-state index in [0.29, 0.717) is 5.56 Å². The molecule has 0 N–H and O–H groups in total. The highest BCUT2D eigenvalue weighted by Gasteiger charge is 2.33. The van der Waals surface area contributed by atoms with Gasteiger partial charge in [-0.3, -0.25) is 0 Å². The molecule has 5 nitrogen and oxygen atoms in total. The Bertz CT molecular complexity index is 1700. The van der Waals surface area contributed by atoms with Gasteiger partial charge in [0.1, 0.15) is 12.1 Å². The minimum absolute atomic E-state index is 0.0423. The second-order valence-electron chi connectivity index (χ2n) is 8.05. The largest absolute Gasteiger partial charge is 0.416 e. The summed E-state index contributed by atoms with van der Waals surface area (Å²) in [4.78, 5) is 8.18. The summed E-state index contributed by atoms with van der Waals surface area (Å²) in [5.74, 6) is 0.230. The molecule has 0 aliphatic heterocycles. The molecule has 2 heterocycles. The highest BCUT2D eigenvalue weighted by atomic mass is 19.4. The van der Waals surface area contributed by atoms with Gasteiger partial charge in [-0.1, -0.05) is 0 Å². The molecule has 11 heteroatoms. The second kappa shape index (κ2) is 8.35. The molecule has 5 rings (SSSR count). The maximum Gasteiger partial charge on any atom is 0.416 e. The van der Waals surface area contributed by atoms with Crippen molar-refractivity contribution in [2.24, 2.45) is 0 Å². The molecule has 0 saturated carbocycles. The molecule has 0 aliphatic rings. The molecule has 0 atom stereocenters. The standard InChI is InChI=1S/C26H11F6N5/c27-25(28,29)17-2-5-22-19(8-17)20-9-18(26(30,31)32)3-6-23(20)37(22)21-4-1-15(7-16(21)11-34)24-35-12-14(10-33)13-36-24/h1-9,12-13H. The number of aromatic nitrogens is 3. The zero-order valence-corrected chi connectivity index (χ0v) is 18.4. The Labute approximate surface area is 204 Å².